The van der Waals surface area contributed by atoms with Gasteiger partial charge >= 0.3 is 0 Å². The molecule has 2 aromatic rings. The lowest BCUT2D eigenvalue weighted by Gasteiger charge is -2.08. The number of hydrogen-bond acceptors (Lipinski definition) is 3. The van der Waals surface area contributed by atoms with Crippen molar-refractivity contribution >= 4 is 5.82 Å². The maximum Gasteiger partial charge on any atom is 0.148 e. The van der Waals surface area contributed by atoms with E-state index in [1.165, 1.54) is 6.07 Å². The third-order valence-electron chi connectivity index (χ3n) is 2.67. The standard InChI is InChI=1S/C14H16FN3/c1-3-8-16-13-9-10(2)14(18-17-13)11-6-4-5-7-12(11)15/h4-7,9H,3,8H2,1-2H3,(H,16,17). The predicted molar refractivity (Wildman–Crippen MR) is 70.9 cm³/mol. The lowest BCUT2D eigenvalue weighted by molar-refractivity contribution is 0.630. The molecule has 0 atom stereocenters. The molecule has 1 aromatic carbocycles. The summed E-state index contributed by atoms with van der Waals surface area (Å²) in [6.45, 7) is 4.85. The molecule has 0 aliphatic rings. The molecule has 94 valence electrons. The van der Waals surface area contributed by atoms with Crippen LogP contribution >= 0.6 is 0 Å². The third kappa shape index (κ3) is 2.64. The maximum atomic E-state index is 13.7. The Hall–Kier alpha value is -1.97. The maximum absolute atomic E-state index is 13.7. The number of aromatic nitrogens is 2. The summed E-state index contributed by atoms with van der Waals surface area (Å²) in [5.74, 6) is 0.457. The summed E-state index contributed by atoms with van der Waals surface area (Å²) in [5.41, 5.74) is 1.99. The Morgan fingerprint density at radius 2 is 2.00 bits per heavy atom. The summed E-state index contributed by atoms with van der Waals surface area (Å²) < 4.78 is 13.7. The van der Waals surface area contributed by atoms with E-state index in [0.29, 0.717) is 11.3 Å². The predicted octanol–water partition coefficient (Wildman–Crippen LogP) is 3.41. The molecule has 18 heavy (non-hydrogen) atoms. The van der Waals surface area contributed by atoms with Crippen molar-refractivity contribution in [2.24, 2.45) is 0 Å². The molecule has 0 amide bonds. The topological polar surface area (TPSA) is 37.8 Å². The van der Waals surface area contributed by atoms with Gasteiger partial charge in [0.25, 0.3) is 0 Å². The number of anilines is 1. The first-order valence-corrected chi connectivity index (χ1v) is 6.05. The van der Waals surface area contributed by atoms with E-state index >= 15 is 0 Å². The molecule has 1 N–H and O–H groups in total. The number of aryl methyl sites for hydroxylation is 1. The van der Waals surface area contributed by atoms with Gasteiger partial charge in [0.1, 0.15) is 11.6 Å². The molecule has 0 radical (unpaired) electrons. The lowest BCUT2D eigenvalue weighted by Crippen LogP contribution is -2.04. The van der Waals surface area contributed by atoms with Gasteiger partial charge in [-0.25, -0.2) is 4.39 Å². The molecule has 3 nitrogen and oxygen atoms in total. The average Bonchev–Trinajstić information content (AvgIpc) is 2.38. The van der Waals surface area contributed by atoms with Gasteiger partial charge in [0, 0.05) is 12.1 Å². The fourth-order valence-electron chi connectivity index (χ4n) is 1.74. The molecule has 0 aliphatic carbocycles. The van der Waals surface area contributed by atoms with Crippen LogP contribution in [0, 0.1) is 12.7 Å². The molecular formula is C14H16FN3. The molecule has 0 aliphatic heterocycles. The second kappa shape index (κ2) is 5.58. The van der Waals surface area contributed by atoms with Gasteiger partial charge in [-0.15, -0.1) is 10.2 Å². The zero-order chi connectivity index (χ0) is 13.0. The van der Waals surface area contributed by atoms with E-state index in [-0.39, 0.29) is 5.82 Å². The van der Waals surface area contributed by atoms with Gasteiger partial charge in [-0.2, -0.15) is 0 Å². The molecule has 1 heterocycles. The number of halogens is 1. The van der Waals surface area contributed by atoms with Gasteiger partial charge in [-0.1, -0.05) is 19.1 Å². The van der Waals surface area contributed by atoms with Crippen molar-refractivity contribution in [1.82, 2.24) is 10.2 Å². The Labute approximate surface area is 106 Å². The molecule has 0 spiro atoms. The van der Waals surface area contributed by atoms with Gasteiger partial charge in [-0.3, -0.25) is 0 Å². The highest BCUT2D eigenvalue weighted by Gasteiger charge is 2.09. The van der Waals surface area contributed by atoms with E-state index in [4.69, 9.17) is 0 Å². The summed E-state index contributed by atoms with van der Waals surface area (Å²) in [6, 6.07) is 8.50. The van der Waals surface area contributed by atoms with Crippen LogP contribution in [-0.2, 0) is 0 Å². The van der Waals surface area contributed by atoms with Gasteiger partial charge in [0.15, 0.2) is 0 Å². The van der Waals surface area contributed by atoms with Crippen molar-refractivity contribution in [2.45, 2.75) is 20.3 Å². The zero-order valence-electron chi connectivity index (χ0n) is 10.6. The highest BCUT2D eigenvalue weighted by molar-refractivity contribution is 5.64. The minimum atomic E-state index is -0.274. The van der Waals surface area contributed by atoms with E-state index in [9.17, 15) is 4.39 Å². The van der Waals surface area contributed by atoms with E-state index in [1.54, 1.807) is 18.2 Å². The Kier molecular flexibility index (Phi) is 3.87. The van der Waals surface area contributed by atoms with E-state index in [1.807, 2.05) is 13.0 Å². The summed E-state index contributed by atoms with van der Waals surface area (Å²) in [7, 11) is 0. The summed E-state index contributed by atoms with van der Waals surface area (Å²) in [5, 5.41) is 11.3. The summed E-state index contributed by atoms with van der Waals surface area (Å²) >= 11 is 0. The minimum absolute atomic E-state index is 0.274. The highest BCUT2D eigenvalue weighted by atomic mass is 19.1. The fraction of sp³-hybridized carbons (Fsp3) is 0.286. The summed E-state index contributed by atoms with van der Waals surface area (Å²) in [4.78, 5) is 0. The van der Waals surface area contributed by atoms with Gasteiger partial charge < -0.3 is 5.32 Å². The second-order valence-electron chi connectivity index (χ2n) is 4.17. The van der Waals surface area contributed by atoms with Crippen molar-refractivity contribution < 1.29 is 4.39 Å². The second-order valence-corrected chi connectivity index (χ2v) is 4.17. The van der Waals surface area contributed by atoms with Crippen LogP contribution in [-0.4, -0.2) is 16.7 Å². The van der Waals surface area contributed by atoms with Crippen LogP contribution in [0.2, 0.25) is 0 Å². The van der Waals surface area contributed by atoms with Crippen LogP contribution in [0.4, 0.5) is 10.2 Å². The van der Waals surface area contributed by atoms with Crippen molar-refractivity contribution in [3.8, 4) is 11.3 Å². The molecule has 0 fully saturated rings. The molecule has 2 rings (SSSR count). The quantitative estimate of drug-likeness (QED) is 0.897. The molecule has 0 bridgehead atoms. The monoisotopic (exact) mass is 245 g/mol. The first-order valence-electron chi connectivity index (χ1n) is 6.05. The van der Waals surface area contributed by atoms with Crippen molar-refractivity contribution in [3.05, 3.63) is 41.7 Å². The highest BCUT2D eigenvalue weighted by Crippen LogP contribution is 2.24. The lowest BCUT2D eigenvalue weighted by atomic mass is 10.1. The largest absolute Gasteiger partial charge is 0.369 e. The third-order valence-corrected chi connectivity index (χ3v) is 2.67. The summed E-state index contributed by atoms with van der Waals surface area (Å²) in [6.07, 6.45) is 1.02. The van der Waals surface area contributed by atoms with Crippen molar-refractivity contribution in [1.29, 1.82) is 0 Å². The van der Waals surface area contributed by atoms with E-state index < -0.39 is 0 Å². The van der Waals surface area contributed by atoms with Gasteiger partial charge in [0.2, 0.25) is 0 Å². The van der Waals surface area contributed by atoms with Crippen molar-refractivity contribution in [3.63, 3.8) is 0 Å². The van der Waals surface area contributed by atoms with Crippen LogP contribution in [0.1, 0.15) is 18.9 Å². The van der Waals surface area contributed by atoms with Gasteiger partial charge in [0.05, 0.1) is 5.69 Å². The molecule has 0 saturated heterocycles. The smallest absolute Gasteiger partial charge is 0.148 e. The Morgan fingerprint density at radius 3 is 2.67 bits per heavy atom. The first-order chi connectivity index (χ1) is 8.72. The van der Waals surface area contributed by atoms with E-state index in [2.05, 4.69) is 22.4 Å². The van der Waals surface area contributed by atoms with Crippen LogP contribution in [0.3, 0.4) is 0 Å². The Morgan fingerprint density at radius 1 is 1.22 bits per heavy atom. The Balaban J connectivity index is 2.33. The number of nitrogens with zero attached hydrogens (tertiary/aromatic N) is 2. The van der Waals surface area contributed by atoms with Crippen LogP contribution in [0.15, 0.2) is 30.3 Å². The molecule has 4 heteroatoms. The normalized spacial score (nSPS) is 10.4. The number of rotatable bonds is 4. The molecule has 1 aromatic heterocycles. The van der Waals surface area contributed by atoms with Crippen LogP contribution in [0.25, 0.3) is 11.3 Å². The molecular weight excluding hydrogens is 229 g/mol. The first kappa shape index (κ1) is 12.5. The number of benzene rings is 1. The molecule has 0 saturated carbocycles. The molecule has 0 unspecified atom stereocenters. The van der Waals surface area contributed by atoms with Gasteiger partial charge in [-0.05, 0) is 37.1 Å². The zero-order valence-corrected chi connectivity index (χ0v) is 10.6. The number of hydrogen-bond donors (Lipinski definition) is 1. The average molecular weight is 245 g/mol. The number of nitrogens with one attached hydrogen (secondary N) is 1. The van der Waals surface area contributed by atoms with Crippen LogP contribution < -0.4 is 5.32 Å². The fourth-order valence-corrected chi connectivity index (χ4v) is 1.74. The van der Waals surface area contributed by atoms with E-state index in [0.717, 1.165) is 24.3 Å². The minimum Gasteiger partial charge on any atom is -0.369 e. The SMILES string of the molecule is CCCNc1cc(C)c(-c2ccccc2F)nn1. The Bertz CT molecular complexity index is 540. The van der Waals surface area contributed by atoms with Crippen LogP contribution in [0.5, 0.6) is 0 Å². The van der Waals surface area contributed by atoms with Crippen molar-refractivity contribution in [2.75, 3.05) is 11.9 Å².